The Labute approximate surface area is 133 Å². The van der Waals surface area contributed by atoms with Gasteiger partial charge < -0.3 is 14.4 Å². The van der Waals surface area contributed by atoms with Gasteiger partial charge in [0.1, 0.15) is 5.75 Å². The largest absolute Gasteiger partial charge is 0.496 e. The Hall–Kier alpha value is -1.27. The molecule has 0 atom stereocenters. The van der Waals surface area contributed by atoms with Crippen LogP contribution in [-0.2, 0) is 11.3 Å². The predicted octanol–water partition coefficient (Wildman–Crippen LogP) is 2.73. The summed E-state index contributed by atoms with van der Waals surface area (Å²) in [4.78, 5) is 15.7. The summed E-state index contributed by atoms with van der Waals surface area (Å²) < 4.78 is 11.2. The lowest BCUT2D eigenvalue weighted by Crippen LogP contribution is -2.48. The monoisotopic (exact) mass is 356 g/mol. The smallest absolute Gasteiger partial charge is 0.409 e. The van der Waals surface area contributed by atoms with Gasteiger partial charge in [-0.15, -0.1) is 0 Å². The van der Waals surface area contributed by atoms with Gasteiger partial charge in [0.05, 0.1) is 18.2 Å². The molecule has 1 aromatic carbocycles. The van der Waals surface area contributed by atoms with Gasteiger partial charge in [0.15, 0.2) is 0 Å². The molecule has 2 rings (SSSR count). The molecule has 0 spiro atoms. The summed E-state index contributed by atoms with van der Waals surface area (Å²) in [7, 11) is 1.66. The van der Waals surface area contributed by atoms with Gasteiger partial charge in [-0.2, -0.15) is 0 Å². The van der Waals surface area contributed by atoms with Crippen LogP contribution in [0.4, 0.5) is 4.79 Å². The van der Waals surface area contributed by atoms with E-state index in [4.69, 9.17) is 9.47 Å². The van der Waals surface area contributed by atoms with Crippen molar-refractivity contribution in [3.8, 4) is 5.75 Å². The van der Waals surface area contributed by atoms with Crippen molar-refractivity contribution in [2.24, 2.45) is 0 Å². The van der Waals surface area contributed by atoms with Gasteiger partial charge in [0.25, 0.3) is 0 Å². The van der Waals surface area contributed by atoms with Crippen LogP contribution in [0.3, 0.4) is 0 Å². The van der Waals surface area contributed by atoms with Crippen LogP contribution in [0.25, 0.3) is 0 Å². The molecule has 1 aliphatic heterocycles. The number of carbonyl (C=O) groups excluding carboxylic acids is 1. The van der Waals surface area contributed by atoms with Crippen LogP contribution in [0.2, 0.25) is 0 Å². The first-order valence-corrected chi connectivity index (χ1v) is 7.89. The number of rotatable bonds is 4. The molecule has 0 N–H and O–H groups in total. The number of methoxy groups -OCH3 is 1. The lowest BCUT2D eigenvalue weighted by atomic mass is 10.2. The number of hydrogen-bond donors (Lipinski definition) is 0. The van der Waals surface area contributed by atoms with Gasteiger partial charge in [-0.25, -0.2) is 4.79 Å². The van der Waals surface area contributed by atoms with E-state index in [-0.39, 0.29) is 6.09 Å². The minimum atomic E-state index is -0.204. The maximum absolute atomic E-state index is 11.6. The second kappa shape index (κ2) is 7.66. The number of hydrogen-bond acceptors (Lipinski definition) is 4. The van der Waals surface area contributed by atoms with Crippen LogP contribution in [0, 0.1) is 0 Å². The molecule has 0 aromatic heterocycles. The zero-order chi connectivity index (χ0) is 15.2. The third kappa shape index (κ3) is 4.35. The van der Waals surface area contributed by atoms with Gasteiger partial charge in [-0.05, 0) is 40.5 Å². The standard InChI is InChI=1S/C15H21BrN2O3/c1-3-21-15(19)18-8-6-17(7-9-18)11-12-4-5-14(20-2)13(16)10-12/h4-5,10H,3,6-9,11H2,1-2H3. The molecule has 0 bridgehead atoms. The van der Waals surface area contributed by atoms with Crippen molar-refractivity contribution in [2.45, 2.75) is 13.5 Å². The fourth-order valence-corrected chi connectivity index (χ4v) is 2.96. The lowest BCUT2D eigenvalue weighted by molar-refractivity contribution is 0.0778. The Bertz CT molecular complexity index is 488. The first-order valence-electron chi connectivity index (χ1n) is 7.10. The Morgan fingerprint density at radius 3 is 2.57 bits per heavy atom. The first kappa shape index (κ1) is 16.1. The molecule has 1 aromatic rings. The molecule has 1 aliphatic rings. The van der Waals surface area contributed by atoms with Crippen molar-refractivity contribution in [2.75, 3.05) is 39.9 Å². The fourth-order valence-electron chi connectivity index (χ4n) is 2.37. The molecule has 6 heteroatoms. The number of benzene rings is 1. The molecule has 1 saturated heterocycles. The van der Waals surface area contributed by atoms with Gasteiger partial charge in [0.2, 0.25) is 0 Å². The van der Waals surface area contributed by atoms with Crippen molar-refractivity contribution >= 4 is 22.0 Å². The third-order valence-corrected chi connectivity index (χ3v) is 4.14. The quantitative estimate of drug-likeness (QED) is 0.831. The summed E-state index contributed by atoms with van der Waals surface area (Å²) in [5, 5.41) is 0. The van der Waals surface area contributed by atoms with Crippen LogP contribution in [-0.4, -0.2) is 55.8 Å². The predicted molar refractivity (Wildman–Crippen MR) is 84.6 cm³/mol. The molecule has 0 unspecified atom stereocenters. The zero-order valence-electron chi connectivity index (χ0n) is 12.5. The van der Waals surface area contributed by atoms with Crippen LogP contribution in [0.5, 0.6) is 5.75 Å². The van der Waals surface area contributed by atoms with Crippen LogP contribution < -0.4 is 4.74 Å². The summed E-state index contributed by atoms with van der Waals surface area (Å²) in [5.41, 5.74) is 1.23. The summed E-state index contributed by atoms with van der Waals surface area (Å²) in [6, 6.07) is 6.12. The van der Waals surface area contributed by atoms with E-state index in [0.717, 1.165) is 42.9 Å². The van der Waals surface area contributed by atoms with Crippen molar-refractivity contribution in [1.82, 2.24) is 9.80 Å². The Kier molecular flexibility index (Phi) is 5.87. The second-order valence-electron chi connectivity index (χ2n) is 4.93. The van der Waals surface area contributed by atoms with Gasteiger partial charge in [-0.3, -0.25) is 4.90 Å². The summed E-state index contributed by atoms with van der Waals surface area (Å²) >= 11 is 3.51. The van der Waals surface area contributed by atoms with E-state index in [1.54, 1.807) is 12.0 Å². The minimum absolute atomic E-state index is 0.204. The van der Waals surface area contributed by atoms with Gasteiger partial charge in [0, 0.05) is 32.7 Å². The fraction of sp³-hybridized carbons (Fsp3) is 0.533. The molecular weight excluding hydrogens is 336 g/mol. The number of nitrogens with zero attached hydrogens (tertiary/aromatic N) is 2. The molecule has 0 aliphatic carbocycles. The highest BCUT2D eigenvalue weighted by molar-refractivity contribution is 9.10. The summed E-state index contributed by atoms with van der Waals surface area (Å²) in [5.74, 6) is 0.839. The second-order valence-corrected chi connectivity index (χ2v) is 5.79. The summed E-state index contributed by atoms with van der Waals surface area (Å²) in [6.07, 6.45) is -0.204. The molecule has 1 fully saturated rings. The Morgan fingerprint density at radius 2 is 2.00 bits per heavy atom. The van der Waals surface area contributed by atoms with Crippen molar-refractivity contribution in [3.63, 3.8) is 0 Å². The van der Waals surface area contributed by atoms with E-state index in [2.05, 4.69) is 33.0 Å². The van der Waals surface area contributed by atoms with E-state index < -0.39 is 0 Å². The van der Waals surface area contributed by atoms with Gasteiger partial charge >= 0.3 is 6.09 Å². The molecular formula is C15H21BrN2O3. The van der Waals surface area contributed by atoms with Gasteiger partial charge in [-0.1, -0.05) is 6.07 Å². The lowest BCUT2D eigenvalue weighted by Gasteiger charge is -2.34. The van der Waals surface area contributed by atoms with Crippen molar-refractivity contribution in [3.05, 3.63) is 28.2 Å². The number of amides is 1. The van der Waals surface area contributed by atoms with Crippen LogP contribution >= 0.6 is 15.9 Å². The SMILES string of the molecule is CCOC(=O)N1CCN(Cc2ccc(OC)c(Br)c2)CC1. The first-order chi connectivity index (χ1) is 10.1. The number of carbonyl (C=O) groups is 1. The maximum Gasteiger partial charge on any atom is 0.409 e. The molecule has 1 heterocycles. The van der Waals surface area contributed by atoms with E-state index in [0.29, 0.717) is 6.61 Å². The molecule has 0 saturated carbocycles. The maximum atomic E-state index is 11.6. The highest BCUT2D eigenvalue weighted by Crippen LogP contribution is 2.26. The minimum Gasteiger partial charge on any atom is -0.496 e. The Balaban J connectivity index is 1.86. The summed E-state index contributed by atoms with van der Waals surface area (Å²) in [6.45, 7) is 6.30. The van der Waals surface area contributed by atoms with E-state index in [1.807, 2.05) is 13.0 Å². The number of halogens is 1. The van der Waals surface area contributed by atoms with E-state index >= 15 is 0 Å². The van der Waals surface area contributed by atoms with E-state index in [1.165, 1.54) is 5.56 Å². The molecule has 21 heavy (non-hydrogen) atoms. The van der Waals surface area contributed by atoms with Crippen LogP contribution in [0.1, 0.15) is 12.5 Å². The number of piperazine rings is 1. The molecule has 0 radical (unpaired) electrons. The molecule has 116 valence electrons. The Morgan fingerprint density at radius 1 is 1.29 bits per heavy atom. The van der Waals surface area contributed by atoms with Crippen LogP contribution in [0.15, 0.2) is 22.7 Å². The highest BCUT2D eigenvalue weighted by atomic mass is 79.9. The van der Waals surface area contributed by atoms with E-state index in [9.17, 15) is 4.79 Å². The third-order valence-electron chi connectivity index (χ3n) is 3.52. The average molecular weight is 357 g/mol. The average Bonchev–Trinajstić information content (AvgIpc) is 2.48. The van der Waals surface area contributed by atoms with Crippen molar-refractivity contribution in [1.29, 1.82) is 0 Å². The topological polar surface area (TPSA) is 42.0 Å². The molecule has 1 amide bonds. The molecule has 5 nitrogen and oxygen atoms in total. The highest BCUT2D eigenvalue weighted by Gasteiger charge is 2.21. The zero-order valence-corrected chi connectivity index (χ0v) is 14.1. The van der Waals surface area contributed by atoms with Crippen molar-refractivity contribution < 1.29 is 14.3 Å². The normalized spacial score (nSPS) is 15.9. The number of ether oxygens (including phenoxy) is 2.